The quantitative estimate of drug-likeness (QED) is 0.428. The van der Waals surface area contributed by atoms with Gasteiger partial charge < -0.3 is 5.32 Å². The first-order valence-corrected chi connectivity index (χ1v) is 4.13. The average molecular weight is 213 g/mol. The standard InChI is InChI=1S/C5H12IN/c1-3-5(2)7-4-6/h5,7H,3-4H2,1-2H3. The minimum Gasteiger partial charge on any atom is -0.306 e. The van der Waals surface area contributed by atoms with Gasteiger partial charge in [-0.3, -0.25) is 0 Å². The third-order valence-electron chi connectivity index (χ3n) is 1.04. The largest absolute Gasteiger partial charge is 0.306 e. The molecule has 0 aliphatic carbocycles. The van der Waals surface area contributed by atoms with Crippen LogP contribution < -0.4 is 5.32 Å². The van der Waals surface area contributed by atoms with E-state index < -0.39 is 0 Å². The summed E-state index contributed by atoms with van der Waals surface area (Å²) in [7, 11) is 0. The zero-order valence-electron chi connectivity index (χ0n) is 4.87. The van der Waals surface area contributed by atoms with Crippen molar-refractivity contribution in [1.29, 1.82) is 0 Å². The second kappa shape index (κ2) is 4.84. The van der Waals surface area contributed by atoms with Gasteiger partial charge in [0, 0.05) is 10.6 Å². The lowest BCUT2D eigenvalue weighted by Gasteiger charge is -2.05. The Balaban J connectivity index is 2.83. The fourth-order valence-corrected chi connectivity index (χ4v) is 1.03. The summed E-state index contributed by atoms with van der Waals surface area (Å²) in [4.78, 5) is 0. The first-order chi connectivity index (χ1) is 3.31. The van der Waals surface area contributed by atoms with Crippen LogP contribution >= 0.6 is 22.6 Å². The highest BCUT2D eigenvalue weighted by Gasteiger charge is 1.90. The summed E-state index contributed by atoms with van der Waals surface area (Å²) in [5.41, 5.74) is 0. The Labute approximate surface area is 59.0 Å². The summed E-state index contributed by atoms with van der Waals surface area (Å²) in [5, 5.41) is 3.28. The van der Waals surface area contributed by atoms with E-state index in [1.807, 2.05) is 0 Å². The molecule has 1 unspecified atom stereocenters. The van der Waals surface area contributed by atoms with Crippen LogP contribution in [0.4, 0.5) is 0 Å². The molecular formula is C5H12IN. The molecule has 0 rings (SSSR count). The van der Waals surface area contributed by atoms with Crippen LogP contribution in [0.5, 0.6) is 0 Å². The Morgan fingerprint density at radius 2 is 2.29 bits per heavy atom. The molecule has 0 saturated carbocycles. The molecule has 0 aromatic carbocycles. The highest BCUT2D eigenvalue weighted by Crippen LogP contribution is 1.87. The van der Waals surface area contributed by atoms with Crippen molar-refractivity contribution < 1.29 is 0 Å². The Morgan fingerprint density at radius 3 is 2.43 bits per heavy atom. The van der Waals surface area contributed by atoms with Crippen molar-refractivity contribution in [2.75, 3.05) is 4.55 Å². The van der Waals surface area contributed by atoms with Crippen LogP contribution in [-0.2, 0) is 0 Å². The van der Waals surface area contributed by atoms with Crippen molar-refractivity contribution in [3.05, 3.63) is 0 Å². The average Bonchev–Trinajstić information content (AvgIpc) is 1.68. The minimum absolute atomic E-state index is 0.692. The van der Waals surface area contributed by atoms with E-state index in [1.54, 1.807) is 0 Å². The molecule has 0 bridgehead atoms. The van der Waals surface area contributed by atoms with E-state index in [0.717, 1.165) is 4.55 Å². The highest BCUT2D eigenvalue weighted by atomic mass is 127. The molecule has 0 spiro atoms. The summed E-state index contributed by atoms with van der Waals surface area (Å²) in [6.45, 7) is 4.38. The lowest BCUT2D eigenvalue weighted by atomic mass is 10.3. The maximum absolute atomic E-state index is 3.28. The van der Waals surface area contributed by atoms with Gasteiger partial charge in [-0.05, 0) is 13.3 Å². The number of halogens is 1. The van der Waals surface area contributed by atoms with Crippen molar-refractivity contribution in [2.24, 2.45) is 0 Å². The van der Waals surface area contributed by atoms with Crippen LogP contribution in [0.1, 0.15) is 20.3 Å². The van der Waals surface area contributed by atoms with Crippen molar-refractivity contribution in [2.45, 2.75) is 26.3 Å². The van der Waals surface area contributed by atoms with Gasteiger partial charge in [0.05, 0.1) is 0 Å². The number of nitrogens with one attached hydrogen (secondary N) is 1. The van der Waals surface area contributed by atoms with Gasteiger partial charge in [-0.2, -0.15) is 0 Å². The molecule has 0 saturated heterocycles. The Morgan fingerprint density at radius 1 is 1.71 bits per heavy atom. The molecule has 0 aromatic rings. The van der Waals surface area contributed by atoms with Gasteiger partial charge in [0.25, 0.3) is 0 Å². The molecule has 0 aliphatic heterocycles. The second-order valence-corrected chi connectivity index (χ2v) is 2.41. The molecule has 0 amide bonds. The van der Waals surface area contributed by atoms with Gasteiger partial charge >= 0.3 is 0 Å². The molecular weight excluding hydrogens is 201 g/mol. The molecule has 0 radical (unpaired) electrons. The summed E-state index contributed by atoms with van der Waals surface area (Å²) in [6.07, 6.45) is 1.23. The highest BCUT2D eigenvalue weighted by molar-refractivity contribution is 14.1. The van der Waals surface area contributed by atoms with Crippen molar-refractivity contribution in [3.8, 4) is 0 Å². The molecule has 1 nitrogen and oxygen atoms in total. The smallest absolute Gasteiger partial charge is 0.0481 e. The lowest BCUT2D eigenvalue weighted by molar-refractivity contribution is 0.589. The maximum atomic E-state index is 3.28. The third-order valence-corrected chi connectivity index (χ3v) is 1.48. The van der Waals surface area contributed by atoms with E-state index in [-0.39, 0.29) is 0 Å². The van der Waals surface area contributed by atoms with Crippen LogP contribution in [0.2, 0.25) is 0 Å². The summed E-state index contributed by atoms with van der Waals surface area (Å²) in [6, 6.07) is 0.692. The minimum atomic E-state index is 0.692. The lowest BCUT2D eigenvalue weighted by Crippen LogP contribution is -2.22. The Hall–Kier alpha value is 0.690. The molecule has 0 aliphatic rings. The zero-order chi connectivity index (χ0) is 5.70. The molecule has 7 heavy (non-hydrogen) atoms. The van der Waals surface area contributed by atoms with Crippen molar-refractivity contribution >= 4 is 22.6 Å². The van der Waals surface area contributed by atoms with E-state index in [0.29, 0.717) is 6.04 Å². The van der Waals surface area contributed by atoms with Gasteiger partial charge in [0.1, 0.15) is 0 Å². The van der Waals surface area contributed by atoms with E-state index in [4.69, 9.17) is 0 Å². The molecule has 1 atom stereocenters. The fraction of sp³-hybridized carbons (Fsp3) is 1.00. The predicted octanol–water partition coefficient (Wildman–Crippen LogP) is 1.77. The predicted molar refractivity (Wildman–Crippen MR) is 41.8 cm³/mol. The van der Waals surface area contributed by atoms with E-state index >= 15 is 0 Å². The monoisotopic (exact) mass is 213 g/mol. The first-order valence-electron chi connectivity index (χ1n) is 2.60. The van der Waals surface area contributed by atoms with Crippen LogP contribution in [0, 0.1) is 0 Å². The molecule has 1 N–H and O–H groups in total. The van der Waals surface area contributed by atoms with Gasteiger partial charge in [-0.15, -0.1) is 0 Å². The van der Waals surface area contributed by atoms with Crippen molar-refractivity contribution in [1.82, 2.24) is 5.32 Å². The molecule has 0 fully saturated rings. The molecule has 2 heteroatoms. The van der Waals surface area contributed by atoms with Crippen LogP contribution in [0.15, 0.2) is 0 Å². The normalized spacial score (nSPS) is 14.1. The van der Waals surface area contributed by atoms with Crippen LogP contribution in [0.3, 0.4) is 0 Å². The number of alkyl halides is 1. The van der Waals surface area contributed by atoms with Gasteiger partial charge in [-0.1, -0.05) is 29.5 Å². The van der Waals surface area contributed by atoms with E-state index in [1.165, 1.54) is 6.42 Å². The SMILES string of the molecule is CCC(C)NCI. The van der Waals surface area contributed by atoms with Gasteiger partial charge in [0.15, 0.2) is 0 Å². The summed E-state index contributed by atoms with van der Waals surface area (Å²) in [5.74, 6) is 0. The van der Waals surface area contributed by atoms with E-state index in [9.17, 15) is 0 Å². The topological polar surface area (TPSA) is 12.0 Å². The number of hydrogen-bond acceptors (Lipinski definition) is 1. The van der Waals surface area contributed by atoms with Crippen molar-refractivity contribution in [3.63, 3.8) is 0 Å². The second-order valence-electron chi connectivity index (χ2n) is 1.65. The van der Waals surface area contributed by atoms with Gasteiger partial charge in [0.2, 0.25) is 0 Å². The maximum Gasteiger partial charge on any atom is 0.0481 e. The Bertz CT molecular complexity index is 39.1. The first kappa shape index (κ1) is 7.69. The van der Waals surface area contributed by atoms with Gasteiger partial charge in [-0.25, -0.2) is 0 Å². The zero-order valence-corrected chi connectivity index (χ0v) is 7.03. The third kappa shape index (κ3) is 4.55. The molecule has 44 valence electrons. The fourth-order valence-electron chi connectivity index (χ4n) is 0.276. The summed E-state index contributed by atoms with van der Waals surface area (Å²) >= 11 is 2.31. The van der Waals surface area contributed by atoms with E-state index in [2.05, 4.69) is 41.8 Å². The number of hydrogen-bond donors (Lipinski definition) is 1. The van der Waals surface area contributed by atoms with Crippen LogP contribution in [0.25, 0.3) is 0 Å². The van der Waals surface area contributed by atoms with Crippen LogP contribution in [-0.4, -0.2) is 10.6 Å². The number of rotatable bonds is 3. The molecule has 0 heterocycles. The summed E-state index contributed by atoms with van der Waals surface area (Å²) < 4.78 is 1.06. The Kier molecular flexibility index (Phi) is 5.32. The molecule has 0 aromatic heterocycles.